The molecule has 1 atom stereocenters. The number of benzene rings is 1. The van der Waals surface area contributed by atoms with Gasteiger partial charge in [0.1, 0.15) is 0 Å². The normalized spacial score (nSPS) is 22.4. The van der Waals surface area contributed by atoms with Crippen LogP contribution in [0.5, 0.6) is 0 Å². The Bertz CT molecular complexity index is 500. The summed E-state index contributed by atoms with van der Waals surface area (Å²) in [4.78, 5) is 0.261. The average Bonchev–Trinajstić information content (AvgIpc) is 3.06. The molecule has 4 nitrogen and oxygen atoms in total. The van der Waals surface area contributed by atoms with Crippen LogP contribution >= 0.6 is 0 Å². The van der Waals surface area contributed by atoms with Crippen LogP contribution in [0.25, 0.3) is 0 Å². The van der Waals surface area contributed by atoms with Gasteiger partial charge in [-0.25, -0.2) is 8.42 Å². The van der Waals surface area contributed by atoms with Gasteiger partial charge >= 0.3 is 0 Å². The lowest BCUT2D eigenvalue weighted by Crippen LogP contribution is -2.22. The summed E-state index contributed by atoms with van der Waals surface area (Å²) in [6.07, 6.45) is 0.330. The molecule has 1 aromatic rings. The quantitative estimate of drug-likeness (QED) is 0.823. The first kappa shape index (κ1) is 12.5. The summed E-state index contributed by atoms with van der Waals surface area (Å²) in [6, 6.07) is 6.63. The highest BCUT2D eigenvalue weighted by Gasteiger charge is 2.60. The summed E-state index contributed by atoms with van der Waals surface area (Å²) in [6.45, 7) is 1.30. The summed E-state index contributed by atoms with van der Waals surface area (Å²) < 4.78 is 24.4. The van der Waals surface area contributed by atoms with Crippen molar-refractivity contribution in [1.29, 1.82) is 0 Å². The van der Waals surface area contributed by atoms with E-state index in [1.807, 2.05) is 6.92 Å². The van der Waals surface area contributed by atoms with Crippen molar-refractivity contribution in [1.82, 2.24) is 0 Å². The first-order valence-corrected chi connectivity index (χ1v) is 7.03. The Morgan fingerprint density at radius 1 is 1.24 bits per heavy atom. The molecule has 1 aromatic carbocycles. The number of aliphatic hydroxyl groups excluding tert-OH is 2. The molecule has 0 spiro atoms. The summed E-state index contributed by atoms with van der Waals surface area (Å²) in [7, 11) is -3.43. The highest BCUT2D eigenvalue weighted by atomic mass is 32.2. The van der Waals surface area contributed by atoms with Crippen LogP contribution in [-0.4, -0.2) is 37.1 Å². The third-order valence-electron chi connectivity index (χ3n) is 3.47. The van der Waals surface area contributed by atoms with Gasteiger partial charge < -0.3 is 10.2 Å². The molecule has 0 aliphatic heterocycles. The Balaban J connectivity index is 2.30. The van der Waals surface area contributed by atoms with Gasteiger partial charge in [-0.15, -0.1) is 0 Å². The molecule has 0 aromatic heterocycles. The number of hydrogen-bond acceptors (Lipinski definition) is 4. The van der Waals surface area contributed by atoms with Gasteiger partial charge in [-0.05, 0) is 25.5 Å². The van der Waals surface area contributed by atoms with Crippen molar-refractivity contribution in [3.05, 3.63) is 29.8 Å². The van der Waals surface area contributed by atoms with Gasteiger partial charge in [0, 0.05) is 5.41 Å². The molecule has 1 fully saturated rings. The minimum atomic E-state index is -3.43. The van der Waals surface area contributed by atoms with E-state index in [0.29, 0.717) is 6.42 Å². The van der Waals surface area contributed by atoms with Crippen LogP contribution in [-0.2, 0) is 9.84 Å². The summed E-state index contributed by atoms with van der Waals surface area (Å²) in [5.41, 5.74) is 0.152. The molecule has 1 saturated carbocycles. The van der Waals surface area contributed by atoms with Crippen LogP contribution in [0.4, 0.5) is 0 Å². The lowest BCUT2D eigenvalue weighted by atomic mass is 10.1. The molecule has 1 unspecified atom stereocenters. The van der Waals surface area contributed by atoms with Crippen LogP contribution in [0.15, 0.2) is 29.2 Å². The third kappa shape index (κ3) is 1.99. The molecule has 0 bridgehead atoms. The zero-order valence-corrected chi connectivity index (χ0v) is 10.4. The van der Waals surface area contributed by atoms with E-state index >= 15 is 0 Å². The number of aryl methyl sites for hydroxylation is 1. The predicted octanol–water partition coefficient (Wildman–Crippen LogP) is 0.512. The fraction of sp³-hybridized carbons (Fsp3) is 0.500. The summed E-state index contributed by atoms with van der Waals surface area (Å²) >= 11 is 0. The lowest BCUT2D eigenvalue weighted by Gasteiger charge is -2.11. The van der Waals surface area contributed by atoms with E-state index in [-0.39, 0.29) is 18.1 Å². The second-order valence-corrected chi connectivity index (χ2v) is 6.86. The maximum Gasteiger partial charge on any atom is 0.181 e. The molecule has 0 radical (unpaired) electrons. The van der Waals surface area contributed by atoms with Gasteiger partial charge in [0.05, 0.1) is 23.4 Å². The minimum Gasteiger partial charge on any atom is -0.396 e. The van der Waals surface area contributed by atoms with E-state index < -0.39 is 20.5 Å². The van der Waals surface area contributed by atoms with Crippen molar-refractivity contribution in [2.75, 3.05) is 13.2 Å². The Labute approximate surface area is 101 Å². The second-order valence-electron chi connectivity index (χ2n) is 4.73. The molecule has 0 amide bonds. The van der Waals surface area contributed by atoms with E-state index in [2.05, 4.69) is 0 Å². The minimum absolute atomic E-state index is 0.261. The van der Waals surface area contributed by atoms with E-state index in [0.717, 1.165) is 5.56 Å². The first-order chi connectivity index (χ1) is 7.96. The summed E-state index contributed by atoms with van der Waals surface area (Å²) in [5.74, 6) is 0. The first-order valence-electron chi connectivity index (χ1n) is 5.48. The number of rotatable bonds is 4. The van der Waals surface area contributed by atoms with Crippen LogP contribution in [0.2, 0.25) is 0 Å². The topological polar surface area (TPSA) is 74.6 Å². The highest BCUT2D eigenvalue weighted by molar-refractivity contribution is 7.92. The van der Waals surface area contributed by atoms with Crippen LogP contribution < -0.4 is 0 Å². The molecular formula is C12H16O4S. The molecule has 17 heavy (non-hydrogen) atoms. The molecule has 0 heterocycles. The zero-order valence-electron chi connectivity index (χ0n) is 9.63. The standard InChI is InChI=1S/C12H16O4S/c1-9-2-4-10(5-3-9)17(15,16)11-6-12(11,7-13)8-14/h2-5,11,13-14H,6-8H2,1H3. The highest BCUT2D eigenvalue weighted by Crippen LogP contribution is 2.51. The fourth-order valence-corrected chi connectivity index (χ4v) is 4.23. The van der Waals surface area contributed by atoms with Crippen molar-refractivity contribution in [3.8, 4) is 0 Å². The van der Waals surface area contributed by atoms with Crippen molar-refractivity contribution in [2.24, 2.45) is 5.41 Å². The molecule has 1 aliphatic carbocycles. The maximum absolute atomic E-state index is 12.2. The smallest absolute Gasteiger partial charge is 0.181 e. The number of hydrogen-bond donors (Lipinski definition) is 2. The Hall–Kier alpha value is -0.910. The molecule has 5 heteroatoms. The van der Waals surface area contributed by atoms with E-state index in [4.69, 9.17) is 10.2 Å². The van der Waals surface area contributed by atoms with E-state index in [9.17, 15) is 8.42 Å². The van der Waals surface area contributed by atoms with Crippen LogP contribution in [0, 0.1) is 12.3 Å². The number of sulfone groups is 1. The maximum atomic E-state index is 12.2. The van der Waals surface area contributed by atoms with E-state index in [1.54, 1.807) is 24.3 Å². The Morgan fingerprint density at radius 3 is 2.18 bits per heavy atom. The van der Waals surface area contributed by atoms with Gasteiger partial charge in [-0.3, -0.25) is 0 Å². The predicted molar refractivity (Wildman–Crippen MR) is 63.4 cm³/mol. The van der Waals surface area contributed by atoms with Crippen LogP contribution in [0.1, 0.15) is 12.0 Å². The van der Waals surface area contributed by atoms with E-state index in [1.165, 1.54) is 0 Å². The average molecular weight is 256 g/mol. The third-order valence-corrected chi connectivity index (χ3v) is 5.81. The molecule has 1 aliphatic rings. The van der Waals surface area contributed by atoms with Gasteiger partial charge in [-0.1, -0.05) is 17.7 Å². The molecule has 94 valence electrons. The van der Waals surface area contributed by atoms with Crippen molar-refractivity contribution < 1.29 is 18.6 Å². The van der Waals surface area contributed by atoms with Gasteiger partial charge in [0.2, 0.25) is 0 Å². The number of aliphatic hydroxyl groups is 2. The Morgan fingerprint density at radius 2 is 1.76 bits per heavy atom. The Kier molecular flexibility index (Phi) is 3.01. The zero-order chi connectivity index (χ0) is 12.7. The molecular weight excluding hydrogens is 240 g/mol. The molecule has 2 N–H and O–H groups in total. The van der Waals surface area contributed by atoms with Crippen molar-refractivity contribution in [3.63, 3.8) is 0 Å². The van der Waals surface area contributed by atoms with Gasteiger partial charge in [0.15, 0.2) is 9.84 Å². The summed E-state index contributed by atoms with van der Waals surface area (Å²) in [5, 5.41) is 17.7. The monoisotopic (exact) mass is 256 g/mol. The van der Waals surface area contributed by atoms with Crippen molar-refractivity contribution >= 4 is 9.84 Å². The largest absolute Gasteiger partial charge is 0.396 e. The van der Waals surface area contributed by atoms with Gasteiger partial charge in [0.25, 0.3) is 0 Å². The SMILES string of the molecule is Cc1ccc(S(=O)(=O)C2CC2(CO)CO)cc1. The second kappa shape index (κ2) is 4.08. The fourth-order valence-electron chi connectivity index (χ4n) is 2.02. The molecule has 0 saturated heterocycles. The van der Waals surface area contributed by atoms with Gasteiger partial charge in [-0.2, -0.15) is 0 Å². The van der Waals surface area contributed by atoms with Crippen molar-refractivity contribution in [2.45, 2.75) is 23.5 Å². The van der Waals surface area contributed by atoms with Crippen LogP contribution in [0.3, 0.4) is 0 Å². The molecule has 2 rings (SSSR count). The lowest BCUT2D eigenvalue weighted by molar-refractivity contribution is 0.134.